The third kappa shape index (κ3) is 3.57. The molecular formula is C15H17NO3S. The zero-order valence-electron chi connectivity index (χ0n) is 11.3. The Hall–Kier alpha value is -1.88. The van der Waals surface area contributed by atoms with Crippen LogP contribution in [0.1, 0.15) is 25.3 Å². The van der Waals surface area contributed by atoms with Crippen molar-refractivity contribution in [3.8, 4) is 0 Å². The molecule has 4 nitrogen and oxygen atoms in total. The van der Waals surface area contributed by atoms with Crippen LogP contribution in [0.2, 0.25) is 0 Å². The fourth-order valence-corrected chi connectivity index (χ4v) is 3.04. The number of rotatable bonds is 6. The molecule has 1 aromatic carbocycles. The molecule has 0 aliphatic rings. The maximum Gasteiger partial charge on any atom is 0.325 e. The number of hydrogen-bond acceptors (Lipinski definition) is 3. The van der Waals surface area contributed by atoms with Crippen molar-refractivity contribution in [2.24, 2.45) is 0 Å². The quantitative estimate of drug-likeness (QED) is 0.860. The van der Waals surface area contributed by atoms with Gasteiger partial charge in [0.05, 0.1) is 0 Å². The van der Waals surface area contributed by atoms with Gasteiger partial charge in [-0.15, -0.1) is 11.3 Å². The highest BCUT2D eigenvalue weighted by Gasteiger charge is 2.13. The summed E-state index contributed by atoms with van der Waals surface area (Å²) in [7, 11) is 0. The minimum absolute atomic E-state index is 0.209. The number of amides is 1. The molecule has 0 fully saturated rings. The van der Waals surface area contributed by atoms with Crippen molar-refractivity contribution in [1.29, 1.82) is 0 Å². The van der Waals surface area contributed by atoms with Crippen LogP contribution in [0.4, 0.5) is 0 Å². The molecule has 1 atom stereocenters. The lowest BCUT2D eigenvalue weighted by atomic mass is 10.1. The molecule has 5 heteroatoms. The van der Waals surface area contributed by atoms with Gasteiger partial charge in [0.1, 0.15) is 6.04 Å². The van der Waals surface area contributed by atoms with E-state index in [0.717, 1.165) is 12.8 Å². The average molecular weight is 291 g/mol. The molecule has 0 saturated heterocycles. The van der Waals surface area contributed by atoms with Crippen LogP contribution in [0.3, 0.4) is 0 Å². The van der Waals surface area contributed by atoms with Gasteiger partial charge in [-0.1, -0.05) is 18.2 Å². The minimum Gasteiger partial charge on any atom is -0.480 e. The van der Waals surface area contributed by atoms with Gasteiger partial charge < -0.3 is 10.4 Å². The number of thiophene rings is 1. The molecule has 0 spiro atoms. The topological polar surface area (TPSA) is 66.4 Å². The SMILES string of the molecule is CC(NC(=O)CCCc1csc2ccccc12)C(=O)O. The number of benzene rings is 1. The third-order valence-electron chi connectivity index (χ3n) is 3.16. The predicted molar refractivity (Wildman–Crippen MR) is 80.0 cm³/mol. The van der Waals surface area contributed by atoms with Crippen LogP contribution in [0.25, 0.3) is 10.1 Å². The van der Waals surface area contributed by atoms with Crippen molar-refractivity contribution >= 4 is 33.3 Å². The van der Waals surface area contributed by atoms with Crippen LogP contribution in [0.15, 0.2) is 29.6 Å². The van der Waals surface area contributed by atoms with E-state index < -0.39 is 12.0 Å². The van der Waals surface area contributed by atoms with Gasteiger partial charge in [0.25, 0.3) is 0 Å². The monoisotopic (exact) mass is 291 g/mol. The van der Waals surface area contributed by atoms with Crippen LogP contribution in [-0.4, -0.2) is 23.0 Å². The molecule has 2 N–H and O–H groups in total. The zero-order valence-corrected chi connectivity index (χ0v) is 12.1. The standard InChI is InChI=1S/C15H17NO3S/c1-10(15(18)19)16-14(17)8-4-5-11-9-20-13-7-3-2-6-12(11)13/h2-3,6-7,9-10H,4-5,8H2,1H3,(H,16,17)(H,18,19). The summed E-state index contributed by atoms with van der Waals surface area (Å²) in [4.78, 5) is 22.2. The summed E-state index contributed by atoms with van der Waals surface area (Å²) in [6, 6.07) is 7.38. The van der Waals surface area contributed by atoms with Gasteiger partial charge in [-0.2, -0.15) is 0 Å². The summed E-state index contributed by atoms with van der Waals surface area (Å²) in [5.41, 5.74) is 1.25. The van der Waals surface area contributed by atoms with Crippen molar-refractivity contribution < 1.29 is 14.7 Å². The molecule has 106 valence electrons. The number of carboxylic acids is 1. The fourth-order valence-electron chi connectivity index (χ4n) is 2.04. The zero-order chi connectivity index (χ0) is 14.5. The first-order valence-electron chi connectivity index (χ1n) is 6.55. The number of aliphatic carboxylic acids is 1. The lowest BCUT2D eigenvalue weighted by Crippen LogP contribution is -2.38. The molecule has 0 bridgehead atoms. The smallest absolute Gasteiger partial charge is 0.325 e. The third-order valence-corrected chi connectivity index (χ3v) is 4.17. The van der Waals surface area contributed by atoms with Crippen molar-refractivity contribution in [2.45, 2.75) is 32.2 Å². The molecular weight excluding hydrogens is 274 g/mol. The van der Waals surface area contributed by atoms with Gasteiger partial charge in [-0.05, 0) is 42.2 Å². The van der Waals surface area contributed by atoms with Gasteiger partial charge >= 0.3 is 5.97 Å². The Bertz CT molecular complexity index is 620. The van der Waals surface area contributed by atoms with E-state index in [0.29, 0.717) is 6.42 Å². The van der Waals surface area contributed by atoms with Crippen molar-refractivity contribution in [2.75, 3.05) is 0 Å². The van der Waals surface area contributed by atoms with E-state index in [1.54, 1.807) is 11.3 Å². The lowest BCUT2D eigenvalue weighted by Gasteiger charge is -2.08. The number of carboxylic acid groups (broad SMARTS) is 1. The van der Waals surface area contributed by atoms with Gasteiger partial charge in [0.2, 0.25) is 5.91 Å². The van der Waals surface area contributed by atoms with Crippen molar-refractivity contribution in [3.63, 3.8) is 0 Å². The largest absolute Gasteiger partial charge is 0.480 e. The van der Waals surface area contributed by atoms with Gasteiger partial charge in [0.15, 0.2) is 0 Å². The van der Waals surface area contributed by atoms with Crippen LogP contribution in [0.5, 0.6) is 0 Å². The Morgan fingerprint density at radius 2 is 2.10 bits per heavy atom. The maximum atomic E-state index is 11.6. The van der Waals surface area contributed by atoms with Crippen LogP contribution < -0.4 is 5.32 Å². The Kier molecular flexibility index (Phi) is 4.74. The number of hydrogen-bond donors (Lipinski definition) is 2. The molecule has 0 aliphatic heterocycles. The Labute approximate surface area is 121 Å². The van der Waals surface area contributed by atoms with Crippen LogP contribution >= 0.6 is 11.3 Å². The maximum absolute atomic E-state index is 11.6. The molecule has 1 amide bonds. The molecule has 2 rings (SSSR count). The number of fused-ring (bicyclic) bond motifs is 1. The Morgan fingerprint density at radius 1 is 1.35 bits per heavy atom. The lowest BCUT2D eigenvalue weighted by molar-refractivity contribution is -0.141. The highest BCUT2D eigenvalue weighted by Crippen LogP contribution is 2.26. The first-order chi connectivity index (χ1) is 9.58. The van der Waals surface area contributed by atoms with E-state index in [9.17, 15) is 9.59 Å². The summed E-state index contributed by atoms with van der Waals surface area (Å²) in [5, 5.41) is 14.5. The van der Waals surface area contributed by atoms with Gasteiger partial charge in [-0.3, -0.25) is 9.59 Å². The molecule has 1 aromatic heterocycles. The number of carbonyl (C=O) groups is 2. The second kappa shape index (κ2) is 6.52. The predicted octanol–water partition coefficient (Wildman–Crippen LogP) is 2.81. The second-order valence-electron chi connectivity index (χ2n) is 4.74. The normalized spacial score (nSPS) is 12.2. The van der Waals surface area contributed by atoms with E-state index in [2.05, 4.69) is 22.8 Å². The molecule has 1 heterocycles. The summed E-state index contributed by atoms with van der Waals surface area (Å²) >= 11 is 1.71. The van der Waals surface area contributed by atoms with E-state index >= 15 is 0 Å². The highest BCUT2D eigenvalue weighted by atomic mass is 32.1. The van der Waals surface area contributed by atoms with Crippen molar-refractivity contribution in [1.82, 2.24) is 5.32 Å². The molecule has 0 radical (unpaired) electrons. The Morgan fingerprint density at radius 3 is 2.85 bits per heavy atom. The molecule has 0 saturated carbocycles. The van der Waals surface area contributed by atoms with Crippen LogP contribution in [0, 0.1) is 0 Å². The van der Waals surface area contributed by atoms with E-state index in [-0.39, 0.29) is 5.91 Å². The summed E-state index contributed by atoms with van der Waals surface area (Å²) in [6.07, 6.45) is 1.90. The summed E-state index contributed by atoms with van der Waals surface area (Å²) in [6.45, 7) is 1.46. The van der Waals surface area contributed by atoms with E-state index in [4.69, 9.17) is 5.11 Å². The first kappa shape index (κ1) is 14.5. The molecule has 2 aromatic rings. The number of carbonyl (C=O) groups excluding carboxylic acids is 1. The van der Waals surface area contributed by atoms with E-state index in [1.807, 2.05) is 12.1 Å². The van der Waals surface area contributed by atoms with Gasteiger partial charge in [-0.25, -0.2) is 0 Å². The summed E-state index contributed by atoms with van der Waals surface area (Å²) in [5.74, 6) is -1.22. The fraction of sp³-hybridized carbons (Fsp3) is 0.333. The second-order valence-corrected chi connectivity index (χ2v) is 5.65. The highest BCUT2D eigenvalue weighted by molar-refractivity contribution is 7.17. The molecule has 0 aliphatic carbocycles. The van der Waals surface area contributed by atoms with E-state index in [1.165, 1.54) is 22.6 Å². The molecule has 1 unspecified atom stereocenters. The van der Waals surface area contributed by atoms with Crippen LogP contribution in [-0.2, 0) is 16.0 Å². The number of aryl methyl sites for hydroxylation is 1. The van der Waals surface area contributed by atoms with Crippen molar-refractivity contribution in [3.05, 3.63) is 35.2 Å². The average Bonchev–Trinajstić information content (AvgIpc) is 2.82. The first-order valence-corrected chi connectivity index (χ1v) is 7.43. The molecule has 20 heavy (non-hydrogen) atoms. The number of nitrogens with one attached hydrogen (secondary N) is 1. The van der Waals surface area contributed by atoms with Gasteiger partial charge in [0, 0.05) is 11.1 Å². The summed E-state index contributed by atoms with van der Waals surface area (Å²) < 4.78 is 1.26. The Balaban J connectivity index is 1.84. The minimum atomic E-state index is -1.01.